The van der Waals surface area contributed by atoms with Crippen molar-refractivity contribution >= 4 is 42.9 Å². The van der Waals surface area contributed by atoms with Gasteiger partial charge in [0.05, 0.1) is 23.7 Å². The number of methoxy groups -OCH3 is 1. The molecule has 0 aliphatic heterocycles. The van der Waals surface area contributed by atoms with E-state index in [2.05, 4.69) is 41.8 Å². The lowest BCUT2D eigenvalue weighted by Crippen LogP contribution is -1.89. The summed E-state index contributed by atoms with van der Waals surface area (Å²) in [5, 5.41) is 0. The second-order valence-corrected chi connectivity index (χ2v) is 5.92. The highest BCUT2D eigenvalue weighted by atomic mass is 79.9. The number of hydrogen-bond donors (Lipinski definition) is 1. The van der Waals surface area contributed by atoms with Crippen LogP contribution in [-0.4, -0.2) is 17.1 Å². The summed E-state index contributed by atoms with van der Waals surface area (Å²) in [7, 11) is 1.66. The number of H-pyrrole nitrogens is 1. The third-order valence-corrected chi connectivity index (χ3v) is 3.85. The number of benzene rings is 2. The molecule has 1 heterocycles. The number of fused-ring (bicyclic) bond motifs is 1. The minimum atomic E-state index is 0.785. The molecule has 0 amide bonds. The predicted octanol–water partition coefficient (Wildman–Crippen LogP) is 4.76. The van der Waals surface area contributed by atoms with Gasteiger partial charge in [-0.25, -0.2) is 4.98 Å². The molecule has 0 unspecified atom stereocenters. The molecule has 0 radical (unpaired) electrons. The van der Waals surface area contributed by atoms with Gasteiger partial charge in [-0.2, -0.15) is 0 Å². The zero-order chi connectivity index (χ0) is 13.4. The molecule has 0 atom stereocenters. The molecule has 0 saturated heterocycles. The van der Waals surface area contributed by atoms with E-state index in [1.165, 1.54) is 0 Å². The summed E-state index contributed by atoms with van der Waals surface area (Å²) < 4.78 is 7.41. The number of aromatic amines is 1. The predicted molar refractivity (Wildman–Crippen MR) is 83.5 cm³/mol. The molecule has 3 aromatic rings. The van der Waals surface area contributed by atoms with Gasteiger partial charge in [-0.15, -0.1) is 0 Å². The Kier molecular flexibility index (Phi) is 3.33. The van der Waals surface area contributed by atoms with Crippen molar-refractivity contribution in [2.24, 2.45) is 0 Å². The third-order valence-electron chi connectivity index (χ3n) is 2.86. The van der Waals surface area contributed by atoms with Gasteiger partial charge in [-0.05, 0) is 36.4 Å². The normalized spacial score (nSPS) is 10.9. The number of imidazole rings is 1. The van der Waals surface area contributed by atoms with Crippen LogP contribution in [0, 0.1) is 0 Å². The first-order chi connectivity index (χ1) is 9.17. The van der Waals surface area contributed by atoms with Crippen LogP contribution in [0.3, 0.4) is 0 Å². The van der Waals surface area contributed by atoms with Crippen LogP contribution in [0.4, 0.5) is 0 Å². The van der Waals surface area contributed by atoms with Crippen LogP contribution in [0.1, 0.15) is 0 Å². The molecule has 0 saturated carbocycles. The minimum Gasteiger partial charge on any atom is -0.496 e. The van der Waals surface area contributed by atoms with Crippen LogP contribution in [0.25, 0.3) is 22.4 Å². The number of nitrogens with zero attached hydrogens (tertiary/aromatic N) is 1. The van der Waals surface area contributed by atoms with E-state index in [1.54, 1.807) is 7.11 Å². The highest BCUT2D eigenvalue weighted by Crippen LogP contribution is 2.32. The van der Waals surface area contributed by atoms with Gasteiger partial charge in [0.2, 0.25) is 0 Å². The highest BCUT2D eigenvalue weighted by Gasteiger charge is 2.11. The highest BCUT2D eigenvalue weighted by molar-refractivity contribution is 9.10. The van der Waals surface area contributed by atoms with Gasteiger partial charge in [-0.1, -0.05) is 31.9 Å². The van der Waals surface area contributed by atoms with Crippen molar-refractivity contribution < 1.29 is 4.74 Å². The van der Waals surface area contributed by atoms with Crippen molar-refractivity contribution in [3.05, 3.63) is 45.3 Å². The second-order valence-electron chi connectivity index (χ2n) is 4.09. The largest absolute Gasteiger partial charge is 0.496 e. The first-order valence-corrected chi connectivity index (χ1v) is 7.25. The van der Waals surface area contributed by atoms with Gasteiger partial charge in [-0.3, -0.25) is 0 Å². The van der Waals surface area contributed by atoms with E-state index in [1.807, 2.05) is 36.4 Å². The van der Waals surface area contributed by atoms with Gasteiger partial charge < -0.3 is 9.72 Å². The van der Waals surface area contributed by atoms with Crippen LogP contribution < -0.4 is 4.74 Å². The van der Waals surface area contributed by atoms with Gasteiger partial charge in [0, 0.05) is 8.95 Å². The Balaban J connectivity index is 2.18. The third kappa shape index (κ3) is 2.40. The zero-order valence-corrected chi connectivity index (χ0v) is 13.2. The Hall–Kier alpha value is -1.33. The first kappa shape index (κ1) is 12.7. The molecular formula is C14H10Br2N2O. The van der Waals surface area contributed by atoms with E-state index in [9.17, 15) is 0 Å². The summed E-state index contributed by atoms with van der Waals surface area (Å²) in [6, 6.07) is 11.8. The summed E-state index contributed by atoms with van der Waals surface area (Å²) in [5.41, 5.74) is 2.87. The number of halogens is 2. The van der Waals surface area contributed by atoms with E-state index in [0.29, 0.717) is 0 Å². The number of rotatable bonds is 2. The monoisotopic (exact) mass is 380 g/mol. The van der Waals surface area contributed by atoms with Crippen LogP contribution in [0.5, 0.6) is 5.75 Å². The van der Waals surface area contributed by atoms with Crippen molar-refractivity contribution in [1.29, 1.82) is 0 Å². The fraction of sp³-hybridized carbons (Fsp3) is 0.0714. The average molecular weight is 382 g/mol. The molecule has 3 rings (SSSR count). The van der Waals surface area contributed by atoms with E-state index in [4.69, 9.17) is 4.74 Å². The molecule has 1 N–H and O–H groups in total. The molecule has 0 fully saturated rings. The molecule has 96 valence electrons. The second kappa shape index (κ2) is 4.98. The Morgan fingerprint density at radius 1 is 1.05 bits per heavy atom. The summed E-state index contributed by atoms with van der Waals surface area (Å²) >= 11 is 6.89. The lowest BCUT2D eigenvalue weighted by atomic mass is 10.2. The molecule has 1 aromatic heterocycles. The van der Waals surface area contributed by atoms with Crippen molar-refractivity contribution in [3.63, 3.8) is 0 Å². The lowest BCUT2D eigenvalue weighted by Gasteiger charge is -2.06. The maximum atomic E-state index is 5.40. The fourth-order valence-corrected chi connectivity index (χ4v) is 2.67. The van der Waals surface area contributed by atoms with Gasteiger partial charge in [0.25, 0.3) is 0 Å². The smallest absolute Gasteiger partial charge is 0.142 e. The molecule has 19 heavy (non-hydrogen) atoms. The number of hydrogen-bond acceptors (Lipinski definition) is 2. The van der Waals surface area contributed by atoms with Gasteiger partial charge in [0.15, 0.2) is 0 Å². The topological polar surface area (TPSA) is 37.9 Å². The average Bonchev–Trinajstić information content (AvgIpc) is 2.81. The van der Waals surface area contributed by atoms with Crippen LogP contribution >= 0.6 is 31.9 Å². The van der Waals surface area contributed by atoms with Crippen LogP contribution in [0.2, 0.25) is 0 Å². The summed E-state index contributed by atoms with van der Waals surface area (Å²) in [5.74, 6) is 1.59. The maximum absolute atomic E-state index is 5.40. The summed E-state index contributed by atoms with van der Waals surface area (Å²) in [4.78, 5) is 7.90. The van der Waals surface area contributed by atoms with Crippen molar-refractivity contribution in [3.8, 4) is 17.1 Å². The van der Waals surface area contributed by atoms with Gasteiger partial charge >= 0.3 is 0 Å². The van der Waals surface area contributed by atoms with E-state index in [0.717, 1.165) is 37.1 Å². The minimum absolute atomic E-state index is 0.785. The number of nitrogens with one attached hydrogen (secondary N) is 1. The quantitative estimate of drug-likeness (QED) is 0.694. The van der Waals surface area contributed by atoms with Gasteiger partial charge in [0.1, 0.15) is 11.6 Å². The summed E-state index contributed by atoms with van der Waals surface area (Å²) in [6.07, 6.45) is 0. The molecule has 3 nitrogen and oxygen atoms in total. The number of aromatic nitrogens is 2. The van der Waals surface area contributed by atoms with Crippen molar-refractivity contribution in [1.82, 2.24) is 9.97 Å². The molecule has 0 bridgehead atoms. The maximum Gasteiger partial charge on any atom is 0.142 e. The van der Waals surface area contributed by atoms with E-state index >= 15 is 0 Å². The Morgan fingerprint density at radius 3 is 2.58 bits per heavy atom. The molecule has 0 spiro atoms. The Bertz CT molecular complexity index is 752. The SMILES string of the molecule is COc1cc(Br)ccc1-c1nc2ccc(Br)cc2[nH]1. The molecular weight excluding hydrogens is 372 g/mol. The molecule has 0 aliphatic carbocycles. The fourth-order valence-electron chi connectivity index (χ4n) is 1.97. The van der Waals surface area contributed by atoms with Crippen LogP contribution in [0.15, 0.2) is 45.3 Å². The molecule has 5 heteroatoms. The molecule has 2 aromatic carbocycles. The van der Waals surface area contributed by atoms with E-state index in [-0.39, 0.29) is 0 Å². The zero-order valence-electron chi connectivity index (χ0n) is 10.1. The standard InChI is InChI=1S/C14H10Br2N2O/c1-19-13-7-9(16)2-4-10(13)14-17-11-5-3-8(15)6-12(11)18-14/h2-7H,1H3,(H,17,18). The first-order valence-electron chi connectivity index (χ1n) is 5.66. The Morgan fingerprint density at radius 2 is 1.79 bits per heavy atom. The molecule has 0 aliphatic rings. The van der Waals surface area contributed by atoms with Crippen LogP contribution in [-0.2, 0) is 0 Å². The Labute approximate surface area is 127 Å². The van der Waals surface area contributed by atoms with Crippen molar-refractivity contribution in [2.75, 3.05) is 7.11 Å². The summed E-state index contributed by atoms with van der Waals surface area (Å²) in [6.45, 7) is 0. The number of ether oxygens (including phenoxy) is 1. The lowest BCUT2D eigenvalue weighted by molar-refractivity contribution is 0.416. The van der Waals surface area contributed by atoms with Crippen molar-refractivity contribution in [2.45, 2.75) is 0 Å². The van der Waals surface area contributed by atoms with E-state index < -0.39 is 0 Å².